The van der Waals surface area contributed by atoms with E-state index >= 15 is 0 Å². The van der Waals surface area contributed by atoms with Gasteiger partial charge in [-0.1, -0.05) is 6.08 Å². The van der Waals surface area contributed by atoms with Crippen molar-refractivity contribution in [2.75, 3.05) is 33.9 Å². The van der Waals surface area contributed by atoms with Crippen LogP contribution >= 0.6 is 0 Å². The highest BCUT2D eigenvalue weighted by molar-refractivity contribution is 5.85. The molecule has 1 atom stereocenters. The lowest BCUT2D eigenvalue weighted by Gasteiger charge is -2.18. The Morgan fingerprint density at radius 2 is 2.20 bits per heavy atom. The number of hydrogen-bond acceptors (Lipinski definition) is 4. The molecule has 0 aliphatic heterocycles. The molecule has 0 aliphatic carbocycles. The number of rotatable bonds is 7. The molecule has 0 amide bonds. The average Bonchev–Trinajstić information content (AvgIpc) is 2.14. The average molecular weight is 217 g/mol. The van der Waals surface area contributed by atoms with Crippen molar-refractivity contribution in [3.63, 3.8) is 0 Å². The van der Waals surface area contributed by atoms with Crippen LogP contribution in [0, 0.1) is 0 Å². The summed E-state index contributed by atoms with van der Waals surface area (Å²) in [6.45, 7) is 2.78. The summed E-state index contributed by atoms with van der Waals surface area (Å²) in [6.07, 6.45) is 1.07. The zero-order valence-electron chi connectivity index (χ0n) is 9.43. The molecule has 5 nitrogen and oxygen atoms in total. The third-order valence-electron chi connectivity index (χ3n) is 1.93. The fraction of sp³-hybridized carbons (Fsp3) is 0.700. The molecule has 1 unspecified atom stereocenters. The van der Waals surface area contributed by atoms with E-state index in [1.54, 1.807) is 13.0 Å². The summed E-state index contributed by atoms with van der Waals surface area (Å²) in [4.78, 5) is 12.3. The number of aliphatic carboxylic acids is 1. The largest absolute Gasteiger partial charge is 0.478 e. The summed E-state index contributed by atoms with van der Waals surface area (Å²) >= 11 is 0. The summed E-state index contributed by atoms with van der Waals surface area (Å²) in [5.41, 5.74) is 0.308. The number of hydrogen-bond donors (Lipinski definition) is 2. The topological polar surface area (TPSA) is 70.0 Å². The van der Waals surface area contributed by atoms with Gasteiger partial charge in [-0.15, -0.1) is 0 Å². The molecule has 0 fully saturated rings. The molecule has 88 valence electrons. The Morgan fingerprint density at radius 1 is 1.60 bits per heavy atom. The van der Waals surface area contributed by atoms with Gasteiger partial charge in [-0.25, -0.2) is 4.79 Å². The number of aliphatic hydroxyl groups excluding tert-OH is 1. The Kier molecular flexibility index (Phi) is 6.94. The summed E-state index contributed by atoms with van der Waals surface area (Å²) < 4.78 is 4.78. The Labute approximate surface area is 90.0 Å². The number of carboxylic acid groups (broad SMARTS) is 1. The van der Waals surface area contributed by atoms with Crippen LogP contribution in [0.1, 0.15) is 6.92 Å². The van der Waals surface area contributed by atoms with Crippen molar-refractivity contribution in [3.05, 3.63) is 11.6 Å². The van der Waals surface area contributed by atoms with Crippen LogP contribution in [-0.4, -0.2) is 61.0 Å². The number of carbonyl (C=O) groups is 1. The minimum atomic E-state index is -0.916. The van der Waals surface area contributed by atoms with E-state index in [0.29, 0.717) is 18.7 Å². The predicted molar refractivity (Wildman–Crippen MR) is 56.8 cm³/mol. The van der Waals surface area contributed by atoms with E-state index in [9.17, 15) is 9.90 Å². The van der Waals surface area contributed by atoms with Gasteiger partial charge in [0.1, 0.15) is 0 Å². The monoisotopic (exact) mass is 217 g/mol. The quantitative estimate of drug-likeness (QED) is 0.585. The van der Waals surface area contributed by atoms with E-state index in [-0.39, 0.29) is 6.61 Å². The number of likely N-dealkylation sites (N-methyl/N-ethyl adjacent to an activating group) is 1. The van der Waals surface area contributed by atoms with Crippen LogP contribution in [0.4, 0.5) is 0 Å². The van der Waals surface area contributed by atoms with Crippen molar-refractivity contribution in [2.24, 2.45) is 0 Å². The van der Waals surface area contributed by atoms with Crippen molar-refractivity contribution in [2.45, 2.75) is 13.0 Å². The van der Waals surface area contributed by atoms with Gasteiger partial charge in [0.15, 0.2) is 0 Å². The van der Waals surface area contributed by atoms with E-state index in [2.05, 4.69) is 0 Å². The number of ether oxygens (including phenoxy) is 1. The second kappa shape index (κ2) is 7.39. The normalized spacial score (nSPS) is 14.3. The van der Waals surface area contributed by atoms with Crippen LogP contribution < -0.4 is 0 Å². The molecule has 0 saturated carbocycles. The van der Waals surface area contributed by atoms with E-state index < -0.39 is 12.1 Å². The number of nitrogens with zero attached hydrogens (tertiary/aromatic N) is 1. The first-order chi connectivity index (χ1) is 6.97. The Morgan fingerprint density at radius 3 is 2.67 bits per heavy atom. The van der Waals surface area contributed by atoms with Gasteiger partial charge in [0.25, 0.3) is 0 Å². The van der Waals surface area contributed by atoms with Crippen molar-refractivity contribution in [1.29, 1.82) is 0 Å². The summed E-state index contributed by atoms with van der Waals surface area (Å²) in [6, 6.07) is 0. The molecule has 0 aromatic carbocycles. The van der Waals surface area contributed by atoms with Crippen LogP contribution in [0.25, 0.3) is 0 Å². The van der Waals surface area contributed by atoms with Gasteiger partial charge in [-0.3, -0.25) is 0 Å². The summed E-state index contributed by atoms with van der Waals surface area (Å²) in [7, 11) is 3.34. The highest BCUT2D eigenvalue weighted by atomic mass is 16.5. The van der Waals surface area contributed by atoms with Gasteiger partial charge in [0.05, 0.1) is 12.7 Å². The third kappa shape index (κ3) is 7.07. The second-order valence-corrected chi connectivity index (χ2v) is 3.52. The van der Waals surface area contributed by atoms with Crippen LogP contribution in [0.5, 0.6) is 0 Å². The molecule has 0 radical (unpaired) electrons. The van der Waals surface area contributed by atoms with Gasteiger partial charge < -0.3 is 19.8 Å². The molecule has 0 aromatic rings. The van der Waals surface area contributed by atoms with Crippen LogP contribution in [0.15, 0.2) is 11.6 Å². The van der Waals surface area contributed by atoms with Gasteiger partial charge in [0, 0.05) is 25.8 Å². The van der Waals surface area contributed by atoms with Crippen molar-refractivity contribution in [1.82, 2.24) is 4.90 Å². The van der Waals surface area contributed by atoms with Crippen LogP contribution in [0.2, 0.25) is 0 Å². The maximum Gasteiger partial charge on any atom is 0.330 e. The minimum absolute atomic E-state index is 0.284. The molecule has 0 bridgehead atoms. The van der Waals surface area contributed by atoms with Crippen LogP contribution in [-0.2, 0) is 9.53 Å². The van der Waals surface area contributed by atoms with E-state index in [4.69, 9.17) is 9.84 Å². The molecule has 5 heteroatoms. The molecule has 15 heavy (non-hydrogen) atoms. The summed E-state index contributed by atoms with van der Waals surface area (Å²) in [5.74, 6) is -0.916. The first-order valence-electron chi connectivity index (χ1n) is 4.73. The Balaban J connectivity index is 3.88. The summed E-state index contributed by atoms with van der Waals surface area (Å²) in [5, 5.41) is 18.0. The van der Waals surface area contributed by atoms with E-state index in [1.165, 1.54) is 7.11 Å². The number of methoxy groups -OCH3 is 1. The SMILES string of the molecule is COCC(O)CN(C)CC=C(C)C(=O)O. The lowest BCUT2D eigenvalue weighted by atomic mass is 10.2. The van der Waals surface area contributed by atoms with Crippen molar-refractivity contribution >= 4 is 5.97 Å². The molecule has 0 heterocycles. The Hall–Kier alpha value is -0.910. The highest BCUT2D eigenvalue weighted by Gasteiger charge is 2.07. The predicted octanol–water partition coefficient (Wildman–Crippen LogP) is -0.0436. The molecule has 0 spiro atoms. The van der Waals surface area contributed by atoms with Crippen molar-refractivity contribution in [3.8, 4) is 0 Å². The Bertz CT molecular complexity index is 227. The van der Waals surface area contributed by atoms with Gasteiger partial charge in [-0.05, 0) is 14.0 Å². The van der Waals surface area contributed by atoms with Crippen molar-refractivity contribution < 1.29 is 19.7 Å². The fourth-order valence-electron chi connectivity index (χ4n) is 1.06. The first-order valence-corrected chi connectivity index (χ1v) is 4.73. The maximum absolute atomic E-state index is 10.5. The molecule has 0 rings (SSSR count). The zero-order valence-corrected chi connectivity index (χ0v) is 9.43. The maximum atomic E-state index is 10.5. The van der Waals surface area contributed by atoms with Crippen LogP contribution in [0.3, 0.4) is 0 Å². The minimum Gasteiger partial charge on any atom is -0.478 e. The third-order valence-corrected chi connectivity index (χ3v) is 1.93. The molecular formula is C10H19NO4. The van der Waals surface area contributed by atoms with E-state index in [0.717, 1.165) is 0 Å². The highest BCUT2D eigenvalue weighted by Crippen LogP contribution is 1.95. The molecule has 2 N–H and O–H groups in total. The smallest absolute Gasteiger partial charge is 0.330 e. The zero-order chi connectivity index (χ0) is 11.8. The molecule has 0 aromatic heterocycles. The van der Waals surface area contributed by atoms with Gasteiger partial charge >= 0.3 is 5.97 Å². The standard InChI is InChI=1S/C10H19NO4/c1-8(10(13)14)4-5-11(2)6-9(12)7-15-3/h4,9,12H,5-7H2,1-3H3,(H,13,14). The van der Waals surface area contributed by atoms with E-state index in [1.807, 2.05) is 11.9 Å². The number of carboxylic acids is 1. The lowest BCUT2D eigenvalue weighted by molar-refractivity contribution is -0.132. The van der Waals surface area contributed by atoms with Gasteiger partial charge in [-0.2, -0.15) is 0 Å². The fourth-order valence-corrected chi connectivity index (χ4v) is 1.06. The second-order valence-electron chi connectivity index (χ2n) is 3.52. The molecule has 0 saturated heterocycles. The first kappa shape index (κ1) is 14.1. The number of aliphatic hydroxyl groups is 1. The van der Waals surface area contributed by atoms with Gasteiger partial charge in [0.2, 0.25) is 0 Å². The lowest BCUT2D eigenvalue weighted by Crippen LogP contribution is -2.32. The molecular weight excluding hydrogens is 198 g/mol. The molecule has 0 aliphatic rings.